The van der Waals surface area contributed by atoms with Crippen molar-refractivity contribution in [1.82, 2.24) is 0 Å². The lowest BCUT2D eigenvalue weighted by molar-refractivity contribution is 0.656. The third-order valence-corrected chi connectivity index (χ3v) is 10.8. The molecule has 2 aromatic heterocycles. The Morgan fingerprint density at radius 2 is 1.41 bits per heavy atom. The number of furan rings is 2. The summed E-state index contributed by atoms with van der Waals surface area (Å²) < 4.78 is 13.4. The number of para-hydroxylation sites is 2. The van der Waals surface area contributed by atoms with Gasteiger partial charge in [0.15, 0.2) is 0 Å². The van der Waals surface area contributed by atoms with Crippen LogP contribution in [0.25, 0.3) is 55.0 Å². The first-order chi connectivity index (χ1) is 25.3. The molecule has 0 saturated heterocycles. The van der Waals surface area contributed by atoms with Crippen molar-refractivity contribution in [1.29, 1.82) is 0 Å². The summed E-state index contributed by atoms with van der Waals surface area (Å²) in [6.07, 6.45) is 25.0. The molecular formula is C48H37NO2. The summed E-state index contributed by atoms with van der Waals surface area (Å²) in [6.45, 7) is 0. The molecule has 3 nitrogen and oxygen atoms in total. The van der Waals surface area contributed by atoms with Crippen molar-refractivity contribution < 1.29 is 8.83 Å². The number of hydrogen-bond donors (Lipinski definition) is 0. The van der Waals surface area contributed by atoms with Crippen LogP contribution in [0.5, 0.6) is 0 Å². The van der Waals surface area contributed by atoms with E-state index in [0.717, 1.165) is 92.1 Å². The van der Waals surface area contributed by atoms with Gasteiger partial charge in [-0.2, -0.15) is 0 Å². The predicted molar refractivity (Wildman–Crippen MR) is 212 cm³/mol. The van der Waals surface area contributed by atoms with Crippen molar-refractivity contribution in [2.24, 2.45) is 11.8 Å². The highest BCUT2D eigenvalue weighted by molar-refractivity contribution is 6.17. The van der Waals surface area contributed by atoms with E-state index in [0.29, 0.717) is 0 Å². The van der Waals surface area contributed by atoms with Crippen LogP contribution in [0.1, 0.15) is 25.7 Å². The highest BCUT2D eigenvalue weighted by Crippen LogP contribution is 2.50. The van der Waals surface area contributed by atoms with E-state index in [9.17, 15) is 0 Å². The van der Waals surface area contributed by atoms with Crippen molar-refractivity contribution in [2.45, 2.75) is 25.7 Å². The van der Waals surface area contributed by atoms with Crippen LogP contribution in [0.15, 0.2) is 190 Å². The largest absolute Gasteiger partial charge is 0.456 e. The first-order valence-electron chi connectivity index (χ1n) is 18.1. The Kier molecular flexibility index (Phi) is 7.23. The maximum absolute atomic E-state index is 6.83. The first-order valence-corrected chi connectivity index (χ1v) is 18.1. The molecule has 2 atom stereocenters. The number of rotatable bonds is 6. The molecule has 2 unspecified atom stereocenters. The van der Waals surface area contributed by atoms with Gasteiger partial charge in [-0.3, -0.25) is 0 Å². The molecule has 3 aliphatic carbocycles. The number of anilines is 2. The minimum Gasteiger partial charge on any atom is -0.456 e. The number of allylic oxidation sites excluding steroid dienone is 11. The monoisotopic (exact) mass is 659 g/mol. The predicted octanol–water partition coefficient (Wildman–Crippen LogP) is 13.5. The molecule has 7 aromatic rings. The zero-order valence-electron chi connectivity index (χ0n) is 28.3. The van der Waals surface area contributed by atoms with E-state index in [1.54, 1.807) is 0 Å². The zero-order valence-corrected chi connectivity index (χ0v) is 28.3. The van der Waals surface area contributed by atoms with Crippen LogP contribution in [0.2, 0.25) is 0 Å². The molecule has 3 aliphatic rings. The molecule has 246 valence electrons. The second-order valence-corrected chi connectivity index (χ2v) is 13.8. The Hall–Kier alpha value is -6.06. The van der Waals surface area contributed by atoms with Crippen molar-refractivity contribution >= 4 is 55.3 Å². The third kappa shape index (κ3) is 5.03. The lowest BCUT2D eigenvalue weighted by Gasteiger charge is -2.39. The fourth-order valence-corrected chi connectivity index (χ4v) is 8.43. The van der Waals surface area contributed by atoms with Gasteiger partial charge in [0.25, 0.3) is 0 Å². The van der Waals surface area contributed by atoms with Gasteiger partial charge in [0.2, 0.25) is 0 Å². The number of fused-ring (bicyclic) bond motifs is 6. The van der Waals surface area contributed by atoms with Crippen LogP contribution >= 0.6 is 0 Å². The van der Waals surface area contributed by atoms with Crippen LogP contribution in [0.3, 0.4) is 0 Å². The zero-order chi connectivity index (χ0) is 33.7. The average Bonchev–Trinajstić information content (AvgIpc) is 3.78. The lowest BCUT2D eigenvalue weighted by atomic mass is 9.78. The first kappa shape index (κ1) is 29.8. The average molecular weight is 660 g/mol. The van der Waals surface area contributed by atoms with E-state index in [1.165, 1.54) is 16.8 Å². The van der Waals surface area contributed by atoms with Crippen molar-refractivity contribution in [3.05, 3.63) is 181 Å². The summed E-state index contributed by atoms with van der Waals surface area (Å²) in [4.78, 5) is 2.55. The summed E-state index contributed by atoms with van der Waals surface area (Å²) in [5, 5.41) is 4.48. The van der Waals surface area contributed by atoms with Gasteiger partial charge in [-0.05, 0) is 78.8 Å². The highest BCUT2D eigenvalue weighted by Gasteiger charge is 2.34. The van der Waals surface area contributed by atoms with Gasteiger partial charge in [0.1, 0.15) is 22.3 Å². The van der Waals surface area contributed by atoms with Crippen LogP contribution in [0.4, 0.5) is 11.4 Å². The van der Waals surface area contributed by atoms with Gasteiger partial charge in [0.05, 0.1) is 11.1 Å². The number of nitrogens with zero attached hydrogens (tertiary/aromatic N) is 1. The molecular weight excluding hydrogens is 623 g/mol. The summed E-state index contributed by atoms with van der Waals surface area (Å²) in [6, 6.07) is 38.7. The van der Waals surface area contributed by atoms with E-state index in [1.807, 2.05) is 6.07 Å². The maximum Gasteiger partial charge on any atom is 0.145 e. The maximum atomic E-state index is 6.83. The molecule has 2 heterocycles. The summed E-state index contributed by atoms with van der Waals surface area (Å²) >= 11 is 0. The fourth-order valence-electron chi connectivity index (χ4n) is 8.43. The summed E-state index contributed by atoms with van der Waals surface area (Å²) in [5.41, 5.74) is 12.0. The quantitative estimate of drug-likeness (QED) is 0.178. The molecule has 0 radical (unpaired) electrons. The topological polar surface area (TPSA) is 29.5 Å². The fraction of sp³-hybridized carbons (Fsp3) is 0.125. The van der Waals surface area contributed by atoms with Crippen LogP contribution < -0.4 is 4.90 Å². The van der Waals surface area contributed by atoms with Gasteiger partial charge in [-0.15, -0.1) is 0 Å². The minimum atomic E-state index is 0.175. The Balaban J connectivity index is 1.31. The van der Waals surface area contributed by atoms with E-state index >= 15 is 0 Å². The van der Waals surface area contributed by atoms with Gasteiger partial charge in [-0.25, -0.2) is 0 Å². The second-order valence-electron chi connectivity index (χ2n) is 13.8. The van der Waals surface area contributed by atoms with E-state index in [4.69, 9.17) is 8.83 Å². The number of hydrogen-bond acceptors (Lipinski definition) is 3. The normalized spacial score (nSPS) is 18.8. The lowest BCUT2D eigenvalue weighted by Crippen LogP contribution is -2.29. The SMILES string of the molecule is C1=CCC(C2=C(N(c3ccc4c(c3)oc3ccccc34)c3ccc(-c4ccccc4)c4oc5ccccc5c34)C(C3=CCCC=C3)CC=C2)C=C1. The molecule has 0 spiro atoms. The van der Waals surface area contributed by atoms with E-state index < -0.39 is 0 Å². The standard InChI is InChI=1S/C48H37NO2/c1-4-15-32(16-5-1)36-23-14-24-37(33-17-6-2-7-18-33)47(36)49(35-27-28-40-39-21-10-12-25-43(39)50-45(40)31-35)42-30-29-38(34-19-8-3-9-20-34)48-46(42)41-22-11-13-26-44(41)51-48/h1,3-6,8-15,17-23,25-32,37H,2,7,16,24H2. The molecule has 0 aliphatic heterocycles. The minimum absolute atomic E-state index is 0.175. The summed E-state index contributed by atoms with van der Waals surface area (Å²) in [7, 11) is 0. The smallest absolute Gasteiger partial charge is 0.145 e. The molecule has 0 N–H and O–H groups in total. The molecule has 0 fully saturated rings. The number of benzene rings is 5. The van der Waals surface area contributed by atoms with E-state index in [2.05, 4.69) is 163 Å². The van der Waals surface area contributed by atoms with Gasteiger partial charge in [-0.1, -0.05) is 121 Å². The van der Waals surface area contributed by atoms with Gasteiger partial charge >= 0.3 is 0 Å². The summed E-state index contributed by atoms with van der Waals surface area (Å²) in [5.74, 6) is 0.434. The Morgan fingerprint density at radius 1 is 0.608 bits per heavy atom. The van der Waals surface area contributed by atoms with Crippen LogP contribution in [-0.4, -0.2) is 0 Å². The Morgan fingerprint density at radius 3 is 2.24 bits per heavy atom. The van der Waals surface area contributed by atoms with Crippen molar-refractivity contribution in [3.8, 4) is 11.1 Å². The van der Waals surface area contributed by atoms with Crippen LogP contribution in [-0.2, 0) is 0 Å². The molecule has 0 bridgehead atoms. The Labute approximate surface area is 297 Å². The molecule has 0 amide bonds. The second kappa shape index (κ2) is 12.4. The molecule has 5 aromatic carbocycles. The van der Waals surface area contributed by atoms with Crippen LogP contribution in [0, 0.1) is 11.8 Å². The molecule has 3 heteroatoms. The van der Waals surface area contributed by atoms with E-state index in [-0.39, 0.29) is 11.8 Å². The Bertz CT molecular complexity index is 2660. The molecule has 51 heavy (non-hydrogen) atoms. The van der Waals surface area contributed by atoms with Crippen molar-refractivity contribution in [2.75, 3.05) is 4.90 Å². The van der Waals surface area contributed by atoms with Crippen molar-refractivity contribution in [3.63, 3.8) is 0 Å². The third-order valence-electron chi connectivity index (χ3n) is 10.8. The van der Waals surface area contributed by atoms with Gasteiger partial charge in [0, 0.05) is 51.0 Å². The highest BCUT2D eigenvalue weighted by atomic mass is 16.3. The molecule has 10 rings (SSSR count). The van der Waals surface area contributed by atoms with Gasteiger partial charge < -0.3 is 13.7 Å². The molecule has 0 saturated carbocycles.